The molecule has 0 radical (unpaired) electrons. The molecule has 0 saturated heterocycles. The van der Waals surface area contributed by atoms with Crippen LogP contribution in [0.5, 0.6) is 5.75 Å². The maximum absolute atomic E-state index is 6.03. The number of hydrogen-bond donors (Lipinski definition) is 1. The first-order valence-corrected chi connectivity index (χ1v) is 10.8. The number of ether oxygens (including phenoxy) is 1. The minimum absolute atomic E-state index is 0.423. The molecule has 1 N–H and O–H groups in total. The van der Waals surface area contributed by atoms with Crippen LogP contribution in [-0.2, 0) is 19.6 Å². The van der Waals surface area contributed by atoms with Gasteiger partial charge in [0.05, 0.1) is 12.2 Å². The average molecular weight is 432 g/mol. The Morgan fingerprint density at radius 2 is 1.94 bits per heavy atom. The molecule has 5 aromatic rings. The van der Waals surface area contributed by atoms with Crippen molar-refractivity contribution >= 4 is 21.9 Å². The third-order valence-electron chi connectivity index (χ3n) is 5.19. The molecule has 0 unspecified atom stereocenters. The van der Waals surface area contributed by atoms with Gasteiger partial charge in [-0.05, 0) is 41.4 Å². The van der Waals surface area contributed by atoms with E-state index < -0.39 is 0 Å². The van der Waals surface area contributed by atoms with Crippen molar-refractivity contribution in [3.05, 3.63) is 71.2 Å². The highest BCUT2D eigenvalue weighted by Crippen LogP contribution is 2.26. The highest BCUT2D eigenvalue weighted by Gasteiger charge is 2.15. The standard InChI is InChI=1S/C22H21N7OS/c1-3-19-23-20-14(2)26-31-22(20)29(19)12-15-8-10-17(11-9-15)30-13-16-6-4-5-7-18(16)21-24-27-28-25-21/h4-11H,3,12-13H2,1-2H3,(H,24,25,27,28). The molecule has 0 fully saturated rings. The second-order valence-electron chi connectivity index (χ2n) is 7.21. The zero-order chi connectivity index (χ0) is 21.2. The van der Waals surface area contributed by atoms with Crippen LogP contribution in [0.4, 0.5) is 0 Å². The second kappa shape index (κ2) is 8.27. The Morgan fingerprint density at radius 1 is 1.10 bits per heavy atom. The monoisotopic (exact) mass is 431 g/mol. The maximum atomic E-state index is 6.03. The van der Waals surface area contributed by atoms with Gasteiger partial charge in [-0.15, -0.1) is 10.2 Å². The Balaban J connectivity index is 1.31. The van der Waals surface area contributed by atoms with Crippen molar-refractivity contribution in [1.29, 1.82) is 0 Å². The van der Waals surface area contributed by atoms with Gasteiger partial charge in [-0.25, -0.2) is 4.98 Å². The van der Waals surface area contributed by atoms with Crippen LogP contribution in [0.2, 0.25) is 0 Å². The van der Waals surface area contributed by atoms with Crippen LogP contribution in [0, 0.1) is 6.92 Å². The van der Waals surface area contributed by atoms with Crippen LogP contribution < -0.4 is 4.74 Å². The van der Waals surface area contributed by atoms with Crippen molar-refractivity contribution in [2.24, 2.45) is 0 Å². The molecular formula is C22H21N7OS. The Hall–Kier alpha value is -3.59. The second-order valence-corrected chi connectivity index (χ2v) is 7.97. The Labute approximate surface area is 183 Å². The highest BCUT2D eigenvalue weighted by molar-refractivity contribution is 7.13. The summed E-state index contributed by atoms with van der Waals surface area (Å²) < 4.78 is 12.7. The molecule has 3 heterocycles. The van der Waals surface area contributed by atoms with Crippen molar-refractivity contribution in [2.75, 3.05) is 0 Å². The number of imidazole rings is 1. The summed E-state index contributed by atoms with van der Waals surface area (Å²) in [6.07, 6.45) is 0.891. The molecule has 5 rings (SSSR count). The molecule has 0 aliphatic carbocycles. The summed E-state index contributed by atoms with van der Waals surface area (Å²) in [6.45, 7) is 5.33. The van der Waals surface area contributed by atoms with Gasteiger partial charge in [0.25, 0.3) is 0 Å². The van der Waals surface area contributed by atoms with Crippen molar-refractivity contribution < 1.29 is 4.74 Å². The van der Waals surface area contributed by atoms with Gasteiger partial charge in [0.2, 0.25) is 5.82 Å². The van der Waals surface area contributed by atoms with Gasteiger partial charge >= 0.3 is 0 Å². The molecule has 31 heavy (non-hydrogen) atoms. The molecule has 0 amide bonds. The largest absolute Gasteiger partial charge is 0.489 e. The number of nitrogens with one attached hydrogen (secondary N) is 1. The first-order chi connectivity index (χ1) is 15.2. The molecule has 0 atom stereocenters. The predicted octanol–water partition coefficient (Wildman–Crippen LogP) is 4.17. The minimum Gasteiger partial charge on any atom is -0.489 e. The topological polar surface area (TPSA) is 94.4 Å². The van der Waals surface area contributed by atoms with Gasteiger partial charge in [0.1, 0.15) is 28.5 Å². The van der Waals surface area contributed by atoms with Gasteiger partial charge in [-0.3, -0.25) is 0 Å². The summed E-state index contributed by atoms with van der Waals surface area (Å²) in [4.78, 5) is 5.90. The van der Waals surface area contributed by atoms with E-state index in [4.69, 9.17) is 9.72 Å². The SMILES string of the molecule is CCc1nc2c(C)nsc2n1Cc1ccc(OCc2ccccc2-c2nn[nH]n2)cc1. The number of H-pyrrole nitrogens is 1. The summed E-state index contributed by atoms with van der Waals surface area (Å²) in [6, 6.07) is 16.1. The number of hydrogen-bond acceptors (Lipinski definition) is 7. The van der Waals surface area contributed by atoms with E-state index in [2.05, 4.69) is 48.6 Å². The highest BCUT2D eigenvalue weighted by atomic mass is 32.1. The normalized spacial score (nSPS) is 11.3. The van der Waals surface area contributed by atoms with E-state index in [0.717, 1.165) is 51.7 Å². The number of aromatic nitrogens is 7. The zero-order valence-corrected chi connectivity index (χ0v) is 18.1. The van der Waals surface area contributed by atoms with E-state index in [9.17, 15) is 0 Å². The maximum Gasteiger partial charge on any atom is 0.205 e. The molecule has 0 aliphatic rings. The van der Waals surface area contributed by atoms with Crippen LogP contribution in [0.1, 0.15) is 29.6 Å². The molecule has 3 aromatic heterocycles. The van der Waals surface area contributed by atoms with Gasteiger partial charge in [-0.1, -0.05) is 43.3 Å². The van der Waals surface area contributed by atoms with Crippen LogP contribution in [0.3, 0.4) is 0 Å². The van der Waals surface area contributed by atoms with Crippen LogP contribution in [-0.4, -0.2) is 34.5 Å². The minimum atomic E-state index is 0.423. The van der Waals surface area contributed by atoms with E-state index in [0.29, 0.717) is 12.4 Å². The molecule has 0 aliphatic heterocycles. The number of fused-ring (bicyclic) bond motifs is 1. The lowest BCUT2D eigenvalue weighted by atomic mass is 10.1. The van der Waals surface area contributed by atoms with E-state index in [1.807, 2.05) is 43.3 Å². The number of benzene rings is 2. The quantitative estimate of drug-likeness (QED) is 0.416. The Morgan fingerprint density at radius 3 is 2.71 bits per heavy atom. The Bertz CT molecular complexity index is 1310. The van der Waals surface area contributed by atoms with Crippen molar-refractivity contribution in [3.63, 3.8) is 0 Å². The van der Waals surface area contributed by atoms with Gasteiger partial charge < -0.3 is 9.30 Å². The fourth-order valence-electron chi connectivity index (χ4n) is 3.57. The first kappa shape index (κ1) is 19.4. The number of nitrogens with zero attached hydrogens (tertiary/aromatic N) is 6. The van der Waals surface area contributed by atoms with Crippen LogP contribution in [0.15, 0.2) is 48.5 Å². The summed E-state index contributed by atoms with van der Waals surface area (Å²) in [5, 5.41) is 14.3. The number of rotatable bonds is 7. The molecule has 9 heteroatoms. The molecular weight excluding hydrogens is 410 g/mol. The lowest BCUT2D eigenvalue weighted by Crippen LogP contribution is -2.04. The van der Waals surface area contributed by atoms with Crippen LogP contribution in [0.25, 0.3) is 21.7 Å². The number of aryl methyl sites for hydroxylation is 2. The van der Waals surface area contributed by atoms with Crippen molar-refractivity contribution in [3.8, 4) is 17.1 Å². The van der Waals surface area contributed by atoms with Gasteiger partial charge in [0, 0.05) is 17.5 Å². The van der Waals surface area contributed by atoms with Crippen molar-refractivity contribution in [1.82, 2.24) is 34.5 Å². The van der Waals surface area contributed by atoms with E-state index in [1.165, 1.54) is 17.1 Å². The summed E-state index contributed by atoms with van der Waals surface area (Å²) >= 11 is 1.51. The van der Waals surface area contributed by atoms with Crippen LogP contribution >= 0.6 is 11.5 Å². The third kappa shape index (κ3) is 3.79. The van der Waals surface area contributed by atoms with Crippen molar-refractivity contribution in [2.45, 2.75) is 33.4 Å². The molecule has 0 saturated carbocycles. The summed E-state index contributed by atoms with van der Waals surface area (Å²) in [7, 11) is 0. The third-order valence-corrected chi connectivity index (χ3v) is 6.14. The lowest BCUT2D eigenvalue weighted by Gasteiger charge is -2.11. The molecule has 0 spiro atoms. The van der Waals surface area contributed by atoms with E-state index in [1.54, 1.807) is 0 Å². The van der Waals surface area contributed by atoms with E-state index in [-0.39, 0.29) is 0 Å². The first-order valence-electron chi connectivity index (χ1n) is 10.1. The Kier molecular flexibility index (Phi) is 5.17. The molecule has 8 nitrogen and oxygen atoms in total. The average Bonchev–Trinajstić information content (AvgIpc) is 3.53. The summed E-state index contributed by atoms with van der Waals surface area (Å²) in [5.41, 5.74) is 5.12. The fraction of sp³-hybridized carbons (Fsp3) is 0.227. The predicted molar refractivity (Wildman–Crippen MR) is 119 cm³/mol. The number of tetrazole rings is 1. The molecule has 0 bridgehead atoms. The number of aromatic amines is 1. The van der Waals surface area contributed by atoms with Gasteiger partial charge in [0.15, 0.2) is 0 Å². The molecule has 2 aromatic carbocycles. The summed E-state index contributed by atoms with van der Waals surface area (Å²) in [5.74, 6) is 2.46. The zero-order valence-electron chi connectivity index (χ0n) is 17.2. The lowest BCUT2D eigenvalue weighted by molar-refractivity contribution is 0.306. The molecule has 156 valence electrons. The van der Waals surface area contributed by atoms with Gasteiger partial charge in [-0.2, -0.15) is 9.59 Å². The smallest absolute Gasteiger partial charge is 0.205 e. The van der Waals surface area contributed by atoms with E-state index >= 15 is 0 Å². The fourth-order valence-corrected chi connectivity index (χ4v) is 4.43.